The minimum absolute atomic E-state index is 1.11. The van der Waals surface area contributed by atoms with Crippen molar-refractivity contribution >= 4 is 77.0 Å². The molecule has 0 N–H and O–H groups in total. The van der Waals surface area contributed by atoms with Gasteiger partial charge in [0.25, 0.3) is 0 Å². The third-order valence-electron chi connectivity index (χ3n) is 9.40. The van der Waals surface area contributed by atoms with E-state index in [1.165, 1.54) is 59.9 Å². The Morgan fingerprint density at radius 1 is 0.356 bits per heavy atom. The van der Waals surface area contributed by atoms with Crippen molar-refractivity contribution in [1.82, 2.24) is 8.97 Å². The zero-order valence-electron chi connectivity index (χ0n) is 24.4. The maximum absolute atomic E-state index is 2.50. The Bertz CT molecular complexity index is 2660. The Balaban J connectivity index is 1.34. The predicted octanol–water partition coefficient (Wildman–Crippen LogP) is 11.4. The van der Waals surface area contributed by atoms with Gasteiger partial charge in [-0.05, 0) is 72.1 Å². The molecule has 45 heavy (non-hydrogen) atoms. The number of anilines is 3. The maximum Gasteiger partial charge on any atom is 0.0641 e. The topological polar surface area (TPSA) is 12.6 Å². The zero-order chi connectivity index (χ0) is 29.5. The van der Waals surface area contributed by atoms with Gasteiger partial charge in [-0.3, -0.25) is 0 Å². The number of fused-ring (bicyclic) bond motifs is 6. The van der Waals surface area contributed by atoms with Crippen molar-refractivity contribution in [2.75, 3.05) is 4.90 Å². The largest absolute Gasteiger partial charge is 0.310 e. The van der Waals surface area contributed by atoms with Gasteiger partial charge in [-0.15, -0.1) is 0 Å². The Kier molecular flexibility index (Phi) is 5.00. The highest BCUT2D eigenvalue weighted by atomic mass is 15.1. The Labute approximate surface area is 259 Å². The summed E-state index contributed by atoms with van der Waals surface area (Å²) in [7, 11) is 0. The van der Waals surface area contributed by atoms with E-state index in [1.807, 2.05) is 0 Å². The van der Waals surface area contributed by atoms with Gasteiger partial charge in [0, 0.05) is 49.7 Å². The quantitative estimate of drug-likeness (QED) is 0.204. The van der Waals surface area contributed by atoms with E-state index in [9.17, 15) is 0 Å². The van der Waals surface area contributed by atoms with Crippen molar-refractivity contribution in [3.05, 3.63) is 164 Å². The molecule has 0 spiro atoms. The van der Waals surface area contributed by atoms with Crippen LogP contribution in [0.25, 0.3) is 65.6 Å². The molecule has 0 aliphatic heterocycles. The van der Waals surface area contributed by atoms with E-state index in [1.54, 1.807) is 0 Å². The highest BCUT2D eigenvalue weighted by Gasteiger charge is 2.23. The van der Waals surface area contributed by atoms with Gasteiger partial charge in [0.05, 0.1) is 27.6 Å². The van der Waals surface area contributed by atoms with E-state index in [4.69, 9.17) is 0 Å². The van der Waals surface area contributed by atoms with Crippen molar-refractivity contribution in [3.63, 3.8) is 0 Å². The van der Waals surface area contributed by atoms with Crippen LogP contribution >= 0.6 is 0 Å². The predicted molar refractivity (Wildman–Crippen MR) is 190 cm³/mol. The molecule has 3 heteroatoms. The van der Waals surface area contributed by atoms with Crippen LogP contribution < -0.4 is 4.90 Å². The first-order valence-electron chi connectivity index (χ1n) is 15.5. The van der Waals surface area contributed by atoms with Crippen molar-refractivity contribution < 1.29 is 0 Å². The second kappa shape index (κ2) is 9.22. The molecule has 10 rings (SSSR count). The van der Waals surface area contributed by atoms with Gasteiger partial charge in [0.2, 0.25) is 0 Å². The highest BCUT2D eigenvalue weighted by Crippen LogP contribution is 2.45. The summed E-state index contributed by atoms with van der Waals surface area (Å²) in [6.07, 6.45) is 0. The summed E-state index contributed by atoms with van der Waals surface area (Å²) < 4.78 is 4.95. The van der Waals surface area contributed by atoms with E-state index in [-0.39, 0.29) is 0 Å². The number of rotatable bonds is 4. The average Bonchev–Trinajstić information content (AvgIpc) is 3.58. The van der Waals surface area contributed by atoms with Gasteiger partial charge in [0.1, 0.15) is 0 Å². The molecule has 0 bridgehead atoms. The smallest absolute Gasteiger partial charge is 0.0641 e. The van der Waals surface area contributed by atoms with Crippen LogP contribution in [-0.4, -0.2) is 8.97 Å². The summed E-state index contributed by atoms with van der Waals surface area (Å²) in [5.41, 5.74) is 10.7. The number of hydrogen-bond donors (Lipinski definition) is 0. The Morgan fingerprint density at radius 2 is 0.889 bits per heavy atom. The summed E-state index contributed by atoms with van der Waals surface area (Å²) in [4.78, 5) is 2.33. The van der Waals surface area contributed by atoms with Gasteiger partial charge in [-0.1, -0.05) is 97.1 Å². The number of hydrogen-bond acceptors (Lipinski definition) is 1. The highest BCUT2D eigenvalue weighted by molar-refractivity contribution is 6.33. The number of benzene rings is 7. The molecule has 0 saturated heterocycles. The monoisotopic (exact) mass is 573 g/mol. The second-order valence-electron chi connectivity index (χ2n) is 11.8. The molecular formula is C42H27N3. The molecule has 0 amide bonds. The van der Waals surface area contributed by atoms with Crippen LogP contribution in [0.5, 0.6) is 0 Å². The second-order valence-corrected chi connectivity index (χ2v) is 11.8. The molecule has 0 atom stereocenters. The molecule has 210 valence electrons. The molecular weight excluding hydrogens is 546 g/mol. The van der Waals surface area contributed by atoms with E-state index in [0.29, 0.717) is 0 Å². The van der Waals surface area contributed by atoms with Crippen molar-refractivity contribution in [3.8, 4) is 5.69 Å². The molecule has 3 heterocycles. The van der Waals surface area contributed by atoms with Gasteiger partial charge < -0.3 is 13.9 Å². The number of nitrogens with zero attached hydrogens (tertiary/aromatic N) is 3. The van der Waals surface area contributed by atoms with Crippen molar-refractivity contribution in [2.45, 2.75) is 0 Å². The molecule has 10 aromatic rings. The third-order valence-corrected chi connectivity index (χ3v) is 9.40. The Morgan fingerprint density at radius 3 is 1.60 bits per heavy atom. The molecule has 0 saturated carbocycles. The lowest BCUT2D eigenvalue weighted by Gasteiger charge is -2.26. The summed E-state index contributed by atoms with van der Waals surface area (Å²) >= 11 is 0. The molecule has 0 aliphatic rings. The molecule has 0 radical (unpaired) electrons. The van der Waals surface area contributed by atoms with E-state index in [0.717, 1.165) is 22.7 Å². The lowest BCUT2D eigenvalue weighted by Crippen LogP contribution is -2.10. The lowest BCUT2D eigenvalue weighted by atomic mass is 10.0. The molecule has 3 aromatic heterocycles. The molecule has 0 unspecified atom stereocenters. The zero-order valence-corrected chi connectivity index (χ0v) is 24.4. The van der Waals surface area contributed by atoms with Crippen molar-refractivity contribution in [1.29, 1.82) is 0 Å². The standard InChI is InChI=1S/C42H27N3/c1-3-13-28(14-4-1)43(29-15-5-2-6-16-29)30-17-11-18-31(27-30)44-38-24-12-21-34-32-19-7-9-22-36(32)45-37-23-10-8-20-33(37)35-25-26-39(44)41(40(34)38)42(35)45/h1-27H. The van der Waals surface area contributed by atoms with Gasteiger partial charge >= 0.3 is 0 Å². The van der Waals surface area contributed by atoms with Crippen molar-refractivity contribution in [2.24, 2.45) is 0 Å². The van der Waals surface area contributed by atoms with Crippen LogP contribution in [0.3, 0.4) is 0 Å². The number of aromatic nitrogens is 2. The third kappa shape index (κ3) is 3.35. The van der Waals surface area contributed by atoms with Crippen LogP contribution in [0.15, 0.2) is 164 Å². The van der Waals surface area contributed by atoms with E-state index >= 15 is 0 Å². The number of para-hydroxylation sites is 4. The molecule has 0 aliphatic carbocycles. The molecule has 7 aromatic carbocycles. The van der Waals surface area contributed by atoms with Crippen LogP contribution in [0, 0.1) is 0 Å². The fourth-order valence-corrected chi connectivity index (χ4v) is 7.62. The van der Waals surface area contributed by atoms with Crippen LogP contribution in [0.2, 0.25) is 0 Å². The van der Waals surface area contributed by atoms with E-state index < -0.39 is 0 Å². The minimum atomic E-state index is 1.11. The van der Waals surface area contributed by atoms with E-state index in [2.05, 4.69) is 178 Å². The van der Waals surface area contributed by atoms with Gasteiger partial charge in [-0.2, -0.15) is 0 Å². The van der Waals surface area contributed by atoms with Crippen LogP contribution in [0.1, 0.15) is 0 Å². The molecule has 3 nitrogen and oxygen atoms in total. The first-order chi connectivity index (χ1) is 22.4. The van der Waals surface area contributed by atoms with Crippen LogP contribution in [0.4, 0.5) is 17.1 Å². The SMILES string of the molecule is c1ccc(N(c2ccccc2)c2cccc(-n3c4cccc5c6ccccc6n6c7ccccc7c7ccc3c(c54)c76)c2)cc1. The first kappa shape index (κ1) is 24.4. The summed E-state index contributed by atoms with van der Waals surface area (Å²) in [6.45, 7) is 0. The summed E-state index contributed by atoms with van der Waals surface area (Å²) in [5, 5.41) is 7.72. The fraction of sp³-hybridized carbons (Fsp3) is 0. The average molecular weight is 574 g/mol. The normalized spacial score (nSPS) is 12.0. The van der Waals surface area contributed by atoms with Gasteiger partial charge in [-0.25, -0.2) is 0 Å². The fourth-order valence-electron chi connectivity index (χ4n) is 7.62. The van der Waals surface area contributed by atoms with Gasteiger partial charge in [0.15, 0.2) is 0 Å². The first-order valence-corrected chi connectivity index (χ1v) is 15.5. The summed E-state index contributed by atoms with van der Waals surface area (Å²) in [5.74, 6) is 0. The summed E-state index contributed by atoms with van der Waals surface area (Å²) in [6, 6.07) is 59.3. The maximum atomic E-state index is 2.50. The van der Waals surface area contributed by atoms with Crippen LogP contribution in [-0.2, 0) is 0 Å². The minimum Gasteiger partial charge on any atom is -0.310 e. The molecule has 0 fully saturated rings. The lowest BCUT2D eigenvalue weighted by molar-refractivity contribution is 1.17. The Hall–Kier alpha value is -6.06.